The molecule has 0 bridgehead atoms. The van der Waals surface area contributed by atoms with Gasteiger partial charge in [-0.2, -0.15) is 0 Å². The van der Waals surface area contributed by atoms with E-state index in [1.165, 1.54) is 12.1 Å². The summed E-state index contributed by atoms with van der Waals surface area (Å²) in [5, 5.41) is 0. The fraction of sp³-hybridized carbons (Fsp3) is 0.278. The van der Waals surface area contributed by atoms with Crippen molar-refractivity contribution in [2.24, 2.45) is 0 Å². The molecule has 0 aliphatic carbocycles. The molecule has 2 aromatic carbocycles. The summed E-state index contributed by atoms with van der Waals surface area (Å²) < 4.78 is 46.4. The topological polar surface area (TPSA) is 61.5 Å². The van der Waals surface area contributed by atoms with Crippen molar-refractivity contribution in [3.8, 4) is 16.9 Å². The normalized spacial score (nSPS) is 11.9. The Kier molecular flexibility index (Phi) is 4.97. The molecule has 2 N–H and O–H groups in total. The standard InChI is InChI=1S/C18H18F3NO3/c1-17(2,3)25-16(23)12-6-4-11(5-7-12)13-8-9-14(22)15(10-13)24-18(19,20)21/h4-10H,22H2,1-3H3. The van der Waals surface area contributed by atoms with Crippen LogP contribution in [0.15, 0.2) is 42.5 Å². The van der Waals surface area contributed by atoms with Crippen LogP contribution in [0.1, 0.15) is 31.1 Å². The summed E-state index contributed by atoms with van der Waals surface area (Å²) in [6, 6.07) is 10.4. The van der Waals surface area contributed by atoms with Gasteiger partial charge in [-0.05, 0) is 56.2 Å². The zero-order valence-corrected chi connectivity index (χ0v) is 14.0. The van der Waals surface area contributed by atoms with Crippen molar-refractivity contribution in [1.82, 2.24) is 0 Å². The van der Waals surface area contributed by atoms with Gasteiger partial charge in [-0.25, -0.2) is 4.79 Å². The molecule has 4 nitrogen and oxygen atoms in total. The summed E-state index contributed by atoms with van der Waals surface area (Å²) >= 11 is 0. The second kappa shape index (κ2) is 6.66. The van der Waals surface area contributed by atoms with E-state index in [0.717, 1.165) is 0 Å². The van der Waals surface area contributed by atoms with Gasteiger partial charge in [-0.15, -0.1) is 13.2 Å². The summed E-state index contributed by atoms with van der Waals surface area (Å²) in [5.41, 5.74) is 6.21. The van der Waals surface area contributed by atoms with Gasteiger partial charge in [0.15, 0.2) is 5.75 Å². The van der Waals surface area contributed by atoms with Crippen molar-refractivity contribution in [2.45, 2.75) is 32.7 Å². The third-order valence-electron chi connectivity index (χ3n) is 3.09. The van der Waals surface area contributed by atoms with E-state index in [2.05, 4.69) is 4.74 Å². The molecule has 0 amide bonds. The molecule has 0 saturated carbocycles. The summed E-state index contributed by atoms with van der Waals surface area (Å²) in [4.78, 5) is 12.0. The van der Waals surface area contributed by atoms with E-state index in [4.69, 9.17) is 10.5 Å². The average molecular weight is 353 g/mol. The molecule has 7 heteroatoms. The highest BCUT2D eigenvalue weighted by Gasteiger charge is 2.32. The summed E-state index contributed by atoms with van der Waals surface area (Å²) in [6.45, 7) is 5.28. The molecule has 0 saturated heterocycles. The number of rotatable bonds is 3. The second-order valence-electron chi connectivity index (χ2n) is 6.38. The van der Waals surface area contributed by atoms with Gasteiger partial charge < -0.3 is 15.2 Å². The van der Waals surface area contributed by atoms with Gasteiger partial charge in [0.1, 0.15) is 5.60 Å². The predicted octanol–water partition coefficient (Wildman–Crippen LogP) is 4.79. The Hall–Kier alpha value is -2.70. The highest BCUT2D eigenvalue weighted by Crippen LogP contribution is 2.33. The van der Waals surface area contributed by atoms with Crippen LogP contribution >= 0.6 is 0 Å². The van der Waals surface area contributed by atoms with E-state index in [9.17, 15) is 18.0 Å². The number of esters is 1. The zero-order chi connectivity index (χ0) is 18.8. The van der Waals surface area contributed by atoms with Crippen LogP contribution in [0.2, 0.25) is 0 Å². The van der Waals surface area contributed by atoms with Crippen LogP contribution in [0.5, 0.6) is 5.75 Å². The molecule has 0 atom stereocenters. The second-order valence-corrected chi connectivity index (χ2v) is 6.38. The number of benzene rings is 2. The lowest BCUT2D eigenvalue weighted by molar-refractivity contribution is -0.274. The molecule has 0 spiro atoms. The number of halogens is 3. The smallest absolute Gasteiger partial charge is 0.456 e. The lowest BCUT2D eigenvalue weighted by Gasteiger charge is -2.19. The zero-order valence-electron chi connectivity index (χ0n) is 14.0. The molecule has 0 aliphatic rings. The molecular weight excluding hydrogens is 335 g/mol. The number of hydrogen-bond acceptors (Lipinski definition) is 4. The van der Waals surface area contributed by atoms with Gasteiger partial charge in [0.25, 0.3) is 0 Å². The number of hydrogen-bond donors (Lipinski definition) is 1. The van der Waals surface area contributed by atoms with Crippen molar-refractivity contribution in [2.75, 3.05) is 5.73 Å². The quantitative estimate of drug-likeness (QED) is 0.637. The first-order valence-corrected chi connectivity index (χ1v) is 7.44. The fourth-order valence-electron chi connectivity index (χ4n) is 2.06. The molecular formula is C18H18F3NO3. The van der Waals surface area contributed by atoms with Crippen LogP contribution in [0.3, 0.4) is 0 Å². The highest BCUT2D eigenvalue weighted by atomic mass is 19.4. The third-order valence-corrected chi connectivity index (χ3v) is 3.09. The Morgan fingerprint density at radius 1 is 0.960 bits per heavy atom. The Labute approximate surface area is 143 Å². The number of alkyl halides is 3. The number of anilines is 1. The lowest BCUT2D eigenvalue weighted by Crippen LogP contribution is -2.23. The number of nitrogen functional groups attached to an aromatic ring is 1. The summed E-state index contributed by atoms with van der Waals surface area (Å²) in [7, 11) is 0. The SMILES string of the molecule is CC(C)(C)OC(=O)c1ccc(-c2ccc(N)c(OC(F)(F)F)c2)cc1. The molecule has 2 aromatic rings. The van der Waals surface area contributed by atoms with Crippen molar-refractivity contribution >= 4 is 11.7 Å². The summed E-state index contributed by atoms with van der Waals surface area (Å²) in [6.07, 6.45) is -4.83. The van der Waals surface area contributed by atoms with Crippen molar-refractivity contribution < 1.29 is 27.4 Å². The number of carbonyl (C=O) groups is 1. The third kappa shape index (κ3) is 5.41. The monoisotopic (exact) mass is 353 g/mol. The molecule has 134 valence electrons. The molecule has 0 heterocycles. The van der Waals surface area contributed by atoms with Crippen LogP contribution in [-0.4, -0.2) is 17.9 Å². The Morgan fingerprint density at radius 3 is 2.04 bits per heavy atom. The average Bonchev–Trinajstić information content (AvgIpc) is 2.46. The molecule has 25 heavy (non-hydrogen) atoms. The fourth-order valence-corrected chi connectivity index (χ4v) is 2.06. The van der Waals surface area contributed by atoms with E-state index < -0.39 is 23.7 Å². The van der Waals surface area contributed by atoms with Crippen LogP contribution in [-0.2, 0) is 4.74 Å². The van der Waals surface area contributed by atoms with Gasteiger partial charge in [0.2, 0.25) is 0 Å². The molecule has 2 rings (SSSR count). The highest BCUT2D eigenvalue weighted by molar-refractivity contribution is 5.90. The van der Waals surface area contributed by atoms with E-state index in [-0.39, 0.29) is 5.69 Å². The molecule has 0 radical (unpaired) electrons. The lowest BCUT2D eigenvalue weighted by atomic mass is 10.0. The van der Waals surface area contributed by atoms with Gasteiger partial charge in [0, 0.05) is 0 Å². The maximum Gasteiger partial charge on any atom is 0.573 e. The van der Waals surface area contributed by atoms with E-state index in [1.807, 2.05) is 0 Å². The van der Waals surface area contributed by atoms with Crippen LogP contribution in [0, 0.1) is 0 Å². The molecule has 0 fully saturated rings. The number of nitrogens with two attached hydrogens (primary N) is 1. The van der Waals surface area contributed by atoms with Crippen LogP contribution in [0.25, 0.3) is 11.1 Å². The van der Waals surface area contributed by atoms with Crippen molar-refractivity contribution in [3.05, 3.63) is 48.0 Å². The molecule has 0 aromatic heterocycles. The van der Waals surface area contributed by atoms with Crippen LogP contribution < -0.4 is 10.5 Å². The first-order chi connectivity index (χ1) is 11.4. The van der Waals surface area contributed by atoms with Gasteiger partial charge in [-0.1, -0.05) is 18.2 Å². The molecule has 0 aliphatic heterocycles. The first kappa shape index (κ1) is 18.6. The van der Waals surface area contributed by atoms with Gasteiger partial charge in [0.05, 0.1) is 11.3 Å². The Bertz CT molecular complexity index is 763. The minimum atomic E-state index is -4.83. The summed E-state index contributed by atoms with van der Waals surface area (Å²) in [5.74, 6) is -0.946. The maximum absolute atomic E-state index is 12.4. The van der Waals surface area contributed by atoms with Crippen molar-refractivity contribution in [3.63, 3.8) is 0 Å². The number of carbonyl (C=O) groups excluding carboxylic acids is 1. The Balaban J connectivity index is 2.25. The van der Waals surface area contributed by atoms with E-state index >= 15 is 0 Å². The van der Waals surface area contributed by atoms with Gasteiger partial charge in [-0.3, -0.25) is 0 Å². The van der Waals surface area contributed by atoms with Crippen molar-refractivity contribution in [1.29, 1.82) is 0 Å². The van der Waals surface area contributed by atoms with Crippen LogP contribution in [0.4, 0.5) is 18.9 Å². The Morgan fingerprint density at radius 2 is 1.52 bits per heavy atom. The molecule has 0 unspecified atom stereocenters. The predicted molar refractivity (Wildman–Crippen MR) is 88.1 cm³/mol. The largest absolute Gasteiger partial charge is 0.573 e. The number of ether oxygens (including phenoxy) is 2. The van der Waals surface area contributed by atoms with E-state index in [0.29, 0.717) is 16.7 Å². The van der Waals surface area contributed by atoms with E-state index in [1.54, 1.807) is 51.1 Å². The minimum Gasteiger partial charge on any atom is -0.456 e. The minimum absolute atomic E-state index is 0.119. The first-order valence-electron chi connectivity index (χ1n) is 7.44. The maximum atomic E-state index is 12.4. The van der Waals surface area contributed by atoms with Gasteiger partial charge >= 0.3 is 12.3 Å².